The fourth-order valence-corrected chi connectivity index (χ4v) is 3.91. The molecule has 184 valence electrons. The van der Waals surface area contributed by atoms with E-state index in [2.05, 4.69) is 20.5 Å². The molecule has 35 heavy (non-hydrogen) atoms. The summed E-state index contributed by atoms with van der Waals surface area (Å²) in [5.41, 5.74) is 9.22. The number of carbonyl (C=O) groups is 1. The van der Waals surface area contributed by atoms with Crippen LogP contribution in [0.25, 0.3) is 22.2 Å². The van der Waals surface area contributed by atoms with Crippen molar-refractivity contribution in [3.05, 3.63) is 66.0 Å². The molecule has 0 saturated carbocycles. The Morgan fingerprint density at radius 2 is 2.06 bits per heavy atom. The molecule has 0 radical (unpaired) electrons. The third-order valence-corrected chi connectivity index (χ3v) is 6.21. The Bertz CT molecular complexity index is 1240. The van der Waals surface area contributed by atoms with Crippen molar-refractivity contribution in [3.63, 3.8) is 0 Å². The fraction of sp³-hybridized carbons (Fsp3) is 0.385. The van der Waals surface area contributed by atoms with Gasteiger partial charge in [0.25, 0.3) is 5.91 Å². The van der Waals surface area contributed by atoms with Gasteiger partial charge in [0.1, 0.15) is 5.69 Å². The average Bonchev–Trinajstić information content (AvgIpc) is 3.64. The van der Waals surface area contributed by atoms with Crippen LogP contribution in [0.3, 0.4) is 0 Å². The topological polar surface area (TPSA) is 115 Å². The standard InChI is InChI=1S/C21H22N6O.C5H11NO/c1-14(2)26(3)21(28)20-19(16-9-10-18-17(11-16)12-22-23-18)24-25-27(20)13-15-7-5-4-6-8-15;6-4-5-2-1-3-7-5/h4-12,14H,13H2,1-3H3,(H,22,23);5H,1-4,6H2/t;5-/m.0/s1. The minimum atomic E-state index is -0.0989. The molecule has 9 nitrogen and oxygen atoms in total. The first-order valence-corrected chi connectivity index (χ1v) is 12.0. The zero-order valence-corrected chi connectivity index (χ0v) is 20.5. The number of fused-ring (bicyclic) bond motifs is 1. The number of carbonyl (C=O) groups excluding carboxylic acids is 1. The quantitative estimate of drug-likeness (QED) is 0.441. The van der Waals surface area contributed by atoms with Gasteiger partial charge in [-0.15, -0.1) is 5.10 Å². The normalized spacial score (nSPS) is 15.3. The van der Waals surface area contributed by atoms with Gasteiger partial charge in [0.2, 0.25) is 0 Å². The SMILES string of the molecule is CC(C)N(C)C(=O)c1c(-c2ccc3[nH]ncc3c2)nnn1Cc1ccccc1.NC[C@@H]1CCCO1. The highest BCUT2D eigenvalue weighted by atomic mass is 16.5. The van der Waals surface area contributed by atoms with Crippen molar-refractivity contribution in [1.29, 1.82) is 0 Å². The number of rotatable bonds is 6. The Kier molecular flexibility index (Phi) is 7.89. The Morgan fingerprint density at radius 3 is 2.71 bits per heavy atom. The van der Waals surface area contributed by atoms with Gasteiger partial charge in [0.05, 0.1) is 24.4 Å². The Morgan fingerprint density at radius 1 is 1.26 bits per heavy atom. The second kappa shape index (κ2) is 11.2. The number of aromatic nitrogens is 5. The second-order valence-electron chi connectivity index (χ2n) is 8.98. The molecule has 5 rings (SSSR count). The highest BCUT2D eigenvalue weighted by Crippen LogP contribution is 2.26. The minimum absolute atomic E-state index is 0.0665. The summed E-state index contributed by atoms with van der Waals surface area (Å²) in [6.07, 6.45) is 4.49. The largest absolute Gasteiger partial charge is 0.377 e. The van der Waals surface area contributed by atoms with Crippen LogP contribution in [0.15, 0.2) is 54.7 Å². The average molecular weight is 476 g/mol. The number of benzene rings is 2. The van der Waals surface area contributed by atoms with E-state index in [0.29, 0.717) is 30.6 Å². The molecule has 0 unspecified atom stereocenters. The van der Waals surface area contributed by atoms with Crippen LogP contribution in [0.1, 0.15) is 42.7 Å². The highest BCUT2D eigenvalue weighted by Gasteiger charge is 2.26. The van der Waals surface area contributed by atoms with Gasteiger partial charge in [0, 0.05) is 37.2 Å². The summed E-state index contributed by atoms with van der Waals surface area (Å²) in [6.45, 7) is 6.07. The predicted octanol–water partition coefficient (Wildman–Crippen LogP) is 3.47. The number of aromatic amines is 1. The summed E-state index contributed by atoms with van der Waals surface area (Å²) in [5, 5.41) is 16.7. The molecule has 1 saturated heterocycles. The number of H-pyrrole nitrogens is 1. The first kappa shape index (κ1) is 24.6. The summed E-state index contributed by atoms with van der Waals surface area (Å²) in [5.74, 6) is -0.0989. The molecule has 3 N–H and O–H groups in total. The molecular formula is C26H33N7O2. The van der Waals surface area contributed by atoms with E-state index in [1.54, 1.807) is 22.8 Å². The Balaban J connectivity index is 0.000000356. The van der Waals surface area contributed by atoms with Crippen LogP contribution in [-0.2, 0) is 11.3 Å². The van der Waals surface area contributed by atoms with Crippen LogP contribution in [-0.4, -0.2) is 68.3 Å². The van der Waals surface area contributed by atoms with Crippen LogP contribution >= 0.6 is 0 Å². The zero-order valence-electron chi connectivity index (χ0n) is 20.5. The number of ether oxygens (including phenoxy) is 1. The fourth-order valence-electron chi connectivity index (χ4n) is 3.91. The van der Waals surface area contributed by atoms with E-state index in [1.165, 1.54) is 6.42 Å². The highest BCUT2D eigenvalue weighted by molar-refractivity contribution is 5.99. The molecule has 0 spiro atoms. The van der Waals surface area contributed by atoms with E-state index >= 15 is 0 Å². The van der Waals surface area contributed by atoms with Crippen LogP contribution in [0, 0.1) is 0 Å². The molecule has 1 aliphatic rings. The summed E-state index contributed by atoms with van der Waals surface area (Å²) < 4.78 is 6.86. The molecule has 1 aliphatic heterocycles. The van der Waals surface area contributed by atoms with E-state index in [9.17, 15) is 4.79 Å². The molecule has 0 aliphatic carbocycles. The molecule has 0 bridgehead atoms. The third kappa shape index (κ3) is 5.75. The van der Waals surface area contributed by atoms with Crippen molar-refractivity contribution in [2.75, 3.05) is 20.2 Å². The van der Waals surface area contributed by atoms with Crippen molar-refractivity contribution in [2.45, 2.75) is 45.4 Å². The Hall–Kier alpha value is -3.56. The summed E-state index contributed by atoms with van der Waals surface area (Å²) in [4.78, 5) is 15.0. The Labute approximate surface area is 205 Å². The van der Waals surface area contributed by atoms with Crippen LogP contribution < -0.4 is 5.73 Å². The van der Waals surface area contributed by atoms with Crippen molar-refractivity contribution in [3.8, 4) is 11.3 Å². The smallest absolute Gasteiger partial charge is 0.274 e. The molecule has 2 aromatic heterocycles. The maximum absolute atomic E-state index is 13.3. The van der Waals surface area contributed by atoms with E-state index in [0.717, 1.165) is 35.1 Å². The molecular weight excluding hydrogens is 442 g/mol. The van der Waals surface area contributed by atoms with Gasteiger partial charge in [-0.3, -0.25) is 9.89 Å². The first-order chi connectivity index (χ1) is 17.0. The van der Waals surface area contributed by atoms with Crippen LogP contribution in [0.4, 0.5) is 0 Å². The lowest BCUT2D eigenvalue weighted by atomic mass is 10.1. The van der Waals surface area contributed by atoms with E-state index < -0.39 is 0 Å². The predicted molar refractivity (Wildman–Crippen MR) is 136 cm³/mol. The number of amides is 1. The lowest BCUT2D eigenvalue weighted by Crippen LogP contribution is -2.35. The number of nitrogens with zero attached hydrogens (tertiary/aromatic N) is 5. The molecule has 1 amide bonds. The van der Waals surface area contributed by atoms with Gasteiger partial charge in [-0.25, -0.2) is 4.68 Å². The van der Waals surface area contributed by atoms with Gasteiger partial charge in [-0.1, -0.05) is 41.6 Å². The molecule has 1 atom stereocenters. The molecule has 1 fully saturated rings. The monoisotopic (exact) mass is 475 g/mol. The number of nitrogens with one attached hydrogen (secondary N) is 1. The van der Waals surface area contributed by atoms with E-state index in [-0.39, 0.29) is 11.9 Å². The molecule has 9 heteroatoms. The maximum atomic E-state index is 13.3. The van der Waals surface area contributed by atoms with Crippen molar-refractivity contribution in [2.24, 2.45) is 5.73 Å². The van der Waals surface area contributed by atoms with Crippen molar-refractivity contribution in [1.82, 2.24) is 30.1 Å². The lowest BCUT2D eigenvalue weighted by molar-refractivity contribution is 0.0743. The van der Waals surface area contributed by atoms with Crippen molar-refractivity contribution >= 4 is 16.8 Å². The summed E-state index contributed by atoms with van der Waals surface area (Å²) in [6, 6.07) is 15.9. The molecule has 2 aromatic carbocycles. The van der Waals surface area contributed by atoms with Gasteiger partial charge in [-0.2, -0.15) is 5.10 Å². The maximum Gasteiger partial charge on any atom is 0.274 e. The third-order valence-electron chi connectivity index (χ3n) is 6.21. The van der Waals surface area contributed by atoms with Gasteiger partial charge in [0.15, 0.2) is 5.69 Å². The molecule has 4 aromatic rings. The molecule has 3 heterocycles. The summed E-state index contributed by atoms with van der Waals surface area (Å²) in [7, 11) is 1.80. The van der Waals surface area contributed by atoms with Gasteiger partial charge < -0.3 is 15.4 Å². The van der Waals surface area contributed by atoms with Gasteiger partial charge >= 0.3 is 0 Å². The minimum Gasteiger partial charge on any atom is -0.377 e. The zero-order chi connectivity index (χ0) is 24.8. The van der Waals surface area contributed by atoms with E-state index in [1.807, 2.05) is 62.4 Å². The number of nitrogens with two attached hydrogens (primary N) is 1. The van der Waals surface area contributed by atoms with Crippen molar-refractivity contribution < 1.29 is 9.53 Å². The summed E-state index contributed by atoms with van der Waals surface area (Å²) >= 11 is 0. The second-order valence-corrected chi connectivity index (χ2v) is 8.98. The first-order valence-electron chi connectivity index (χ1n) is 12.0. The van der Waals surface area contributed by atoms with Crippen LogP contribution in [0.2, 0.25) is 0 Å². The number of hydrogen-bond acceptors (Lipinski definition) is 6. The van der Waals surface area contributed by atoms with Gasteiger partial charge in [-0.05, 0) is 44.4 Å². The van der Waals surface area contributed by atoms with Crippen LogP contribution in [0.5, 0.6) is 0 Å². The lowest BCUT2D eigenvalue weighted by Gasteiger charge is -2.22. The number of hydrogen-bond donors (Lipinski definition) is 2. The van der Waals surface area contributed by atoms with E-state index in [4.69, 9.17) is 10.5 Å².